The van der Waals surface area contributed by atoms with Crippen molar-refractivity contribution in [3.05, 3.63) is 21.4 Å². The third-order valence-electron chi connectivity index (χ3n) is 2.94. The molecule has 2 heterocycles. The molecule has 1 aliphatic heterocycles. The molecule has 0 spiro atoms. The van der Waals surface area contributed by atoms with Gasteiger partial charge in [-0.3, -0.25) is 0 Å². The minimum Gasteiger partial charge on any atom is -0.477 e. The molecule has 0 saturated carbocycles. The van der Waals surface area contributed by atoms with Crippen LogP contribution < -0.4 is 5.32 Å². The van der Waals surface area contributed by atoms with Crippen LogP contribution in [0.1, 0.15) is 33.0 Å². The van der Waals surface area contributed by atoms with Gasteiger partial charge in [-0.05, 0) is 31.4 Å². The fourth-order valence-corrected chi connectivity index (χ4v) is 2.85. The Morgan fingerprint density at radius 1 is 1.71 bits per heavy atom. The highest BCUT2D eigenvalue weighted by Crippen LogP contribution is 2.21. The van der Waals surface area contributed by atoms with Crippen molar-refractivity contribution in [3.8, 4) is 0 Å². The van der Waals surface area contributed by atoms with Gasteiger partial charge in [0.1, 0.15) is 4.88 Å². The molecule has 1 aromatic heterocycles. The summed E-state index contributed by atoms with van der Waals surface area (Å²) in [6, 6.07) is 1.75. The van der Waals surface area contributed by atoms with Gasteiger partial charge in [0.05, 0.1) is 6.10 Å². The SMILES string of the molecule is Cc1sc(C(=O)O)cc1CNCC1CCCO1. The van der Waals surface area contributed by atoms with Crippen LogP contribution in [0.4, 0.5) is 0 Å². The lowest BCUT2D eigenvalue weighted by Gasteiger charge is -2.10. The molecule has 1 aliphatic rings. The zero-order valence-electron chi connectivity index (χ0n) is 9.86. The molecular formula is C12H17NO3S. The van der Waals surface area contributed by atoms with Gasteiger partial charge in [-0.25, -0.2) is 4.79 Å². The number of hydrogen-bond acceptors (Lipinski definition) is 4. The number of carboxylic acids is 1. The van der Waals surface area contributed by atoms with Crippen molar-refractivity contribution in [2.45, 2.75) is 32.4 Å². The first-order valence-corrected chi connectivity index (χ1v) is 6.63. The highest BCUT2D eigenvalue weighted by Gasteiger charge is 2.15. The molecule has 2 rings (SSSR count). The Morgan fingerprint density at radius 3 is 3.12 bits per heavy atom. The van der Waals surface area contributed by atoms with Gasteiger partial charge in [0.25, 0.3) is 0 Å². The summed E-state index contributed by atoms with van der Waals surface area (Å²) in [6.45, 7) is 4.39. The van der Waals surface area contributed by atoms with E-state index >= 15 is 0 Å². The van der Waals surface area contributed by atoms with Crippen LogP contribution in [0.2, 0.25) is 0 Å². The first-order chi connectivity index (χ1) is 8.16. The van der Waals surface area contributed by atoms with Gasteiger partial charge in [-0.1, -0.05) is 0 Å². The lowest BCUT2D eigenvalue weighted by molar-refractivity contribution is 0.0702. The second kappa shape index (κ2) is 5.62. The predicted octanol–water partition coefficient (Wildman–Crippen LogP) is 2.02. The second-order valence-electron chi connectivity index (χ2n) is 4.26. The van der Waals surface area contributed by atoms with E-state index in [1.54, 1.807) is 6.07 Å². The normalized spacial score (nSPS) is 19.7. The van der Waals surface area contributed by atoms with E-state index in [1.165, 1.54) is 11.3 Å². The summed E-state index contributed by atoms with van der Waals surface area (Å²) < 4.78 is 5.51. The second-order valence-corrected chi connectivity index (χ2v) is 5.52. The van der Waals surface area contributed by atoms with E-state index in [1.807, 2.05) is 6.92 Å². The van der Waals surface area contributed by atoms with Crippen LogP contribution in [0.3, 0.4) is 0 Å². The lowest BCUT2D eigenvalue weighted by atomic mass is 10.2. The lowest BCUT2D eigenvalue weighted by Crippen LogP contribution is -2.25. The van der Waals surface area contributed by atoms with E-state index < -0.39 is 5.97 Å². The van der Waals surface area contributed by atoms with Gasteiger partial charge >= 0.3 is 5.97 Å². The molecule has 4 nitrogen and oxygen atoms in total. The number of hydrogen-bond donors (Lipinski definition) is 2. The summed E-state index contributed by atoms with van der Waals surface area (Å²) in [6.07, 6.45) is 2.59. The minimum absolute atomic E-state index is 0.327. The molecule has 0 radical (unpaired) electrons. The van der Waals surface area contributed by atoms with Crippen molar-refractivity contribution >= 4 is 17.3 Å². The molecule has 1 saturated heterocycles. The maximum absolute atomic E-state index is 10.8. The Kier molecular flexibility index (Phi) is 4.15. The fourth-order valence-electron chi connectivity index (χ4n) is 1.97. The summed E-state index contributed by atoms with van der Waals surface area (Å²) in [5.41, 5.74) is 1.07. The zero-order valence-corrected chi connectivity index (χ0v) is 10.7. The topological polar surface area (TPSA) is 58.6 Å². The van der Waals surface area contributed by atoms with Crippen LogP contribution in [-0.2, 0) is 11.3 Å². The number of carboxylic acid groups (broad SMARTS) is 1. The molecule has 17 heavy (non-hydrogen) atoms. The molecule has 0 aromatic carbocycles. The smallest absolute Gasteiger partial charge is 0.345 e. The van der Waals surface area contributed by atoms with Gasteiger partial charge in [-0.15, -0.1) is 11.3 Å². The molecule has 1 atom stereocenters. The van der Waals surface area contributed by atoms with Crippen LogP contribution in [0.5, 0.6) is 0 Å². The van der Waals surface area contributed by atoms with Crippen molar-refractivity contribution in [2.75, 3.05) is 13.2 Å². The van der Waals surface area contributed by atoms with Gasteiger partial charge < -0.3 is 15.2 Å². The van der Waals surface area contributed by atoms with E-state index in [0.717, 1.165) is 43.0 Å². The summed E-state index contributed by atoms with van der Waals surface area (Å²) >= 11 is 1.33. The Labute approximate surface area is 105 Å². The van der Waals surface area contributed by atoms with Crippen molar-refractivity contribution in [3.63, 3.8) is 0 Å². The van der Waals surface area contributed by atoms with Crippen LogP contribution in [0.15, 0.2) is 6.07 Å². The van der Waals surface area contributed by atoms with E-state index in [4.69, 9.17) is 9.84 Å². The maximum Gasteiger partial charge on any atom is 0.345 e. The van der Waals surface area contributed by atoms with E-state index in [2.05, 4.69) is 5.32 Å². The summed E-state index contributed by atoms with van der Waals surface area (Å²) in [5.74, 6) is -0.844. The summed E-state index contributed by atoms with van der Waals surface area (Å²) in [5, 5.41) is 12.2. The van der Waals surface area contributed by atoms with Gasteiger partial charge in [0.2, 0.25) is 0 Å². The molecule has 5 heteroatoms. The summed E-state index contributed by atoms with van der Waals surface area (Å²) in [4.78, 5) is 12.3. The maximum atomic E-state index is 10.8. The molecule has 1 unspecified atom stereocenters. The quantitative estimate of drug-likeness (QED) is 0.845. The van der Waals surface area contributed by atoms with Crippen LogP contribution in [0.25, 0.3) is 0 Å². The van der Waals surface area contributed by atoms with Crippen molar-refractivity contribution < 1.29 is 14.6 Å². The third-order valence-corrected chi connectivity index (χ3v) is 4.02. The van der Waals surface area contributed by atoms with Crippen molar-refractivity contribution in [2.24, 2.45) is 0 Å². The average Bonchev–Trinajstić information content (AvgIpc) is 2.89. The van der Waals surface area contributed by atoms with E-state index in [-0.39, 0.29) is 0 Å². The van der Waals surface area contributed by atoms with E-state index in [0.29, 0.717) is 11.0 Å². The number of nitrogens with one attached hydrogen (secondary N) is 1. The monoisotopic (exact) mass is 255 g/mol. The number of thiophene rings is 1. The van der Waals surface area contributed by atoms with Gasteiger partial charge in [-0.2, -0.15) is 0 Å². The van der Waals surface area contributed by atoms with Crippen LogP contribution in [0, 0.1) is 6.92 Å². The number of aromatic carboxylic acids is 1. The minimum atomic E-state index is -0.844. The Balaban J connectivity index is 1.83. The fraction of sp³-hybridized carbons (Fsp3) is 0.583. The van der Waals surface area contributed by atoms with Gasteiger partial charge in [0.15, 0.2) is 0 Å². The number of aryl methyl sites for hydroxylation is 1. The highest BCUT2D eigenvalue weighted by molar-refractivity contribution is 7.14. The molecule has 0 bridgehead atoms. The van der Waals surface area contributed by atoms with Crippen LogP contribution in [-0.4, -0.2) is 30.3 Å². The first kappa shape index (κ1) is 12.5. The van der Waals surface area contributed by atoms with Crippen LogP contribution >= 0.6 is 11.3 Å². The summed E-state index contributed by atoms with van der Waals surface area (Å²) in [7, 11) is 0. The molecule has 1 fully saturated rings. The number of carbonyl (C=O) groups is 1. The molecule has 94 valence electrons. The predicted molar refractivity (Wildman–Crippen MR) is 66.7 cm³/mol. The average molecular weight is 255 g/mol. The molecule has 1 aromatic rings. The van der Waals surface area contributed by atoms with E-state index in [9.17, 15) is 4.79 Å². The van der Waals surface area contributed by atoms with Gasteiger partial charge in [0, 0.05) is 24.6 Å². The third kappa shape index (κ3) is 3.28. The Bertz CT molecular complexity index is 396. The molecule has 0 aliphatic carbocycles. The molecule has 2 N–H and O–H groups in total. The highest BCUT2D eigenvalue weighted by atomic mass is 32.1. The molecule has 0 amide bonds. The zero-order chi connectivity index (χ0) is 12.3. The molecular weight excluding hydrogens is 238 g/mol. The standard InChI is InChI=1S/C12H17NO3S/c1-8-9(5-11(17-8)12(14)15)6-13-7-10-3-2-4-16-10/h5,10,13H,2-4,6-7H2,1H3,(H,14,15). The Morgan fingerprint density at radius 2 is 2.53 bits per heavy atom. The largest absolute Gasteiger partial charge is 0.477 e. The first-order valence-electron chi connectivity index (χ1n) is 5.81. The van der Waals surface area contributed by atoms with Crippen molar-refractivity contribution in [1.29, 1.82) is 0 Å². The van der Waals surface area contributed by atoms with Crippen molar-refractivity contribution in [1.82, 2.24) is 5.32 Å². The number of ether oxygens (including phenoxy) is 1. The Hall–Kier alpha value is -0.910. The number of rotatable bonds is 5.